The van der Waals surface area contributed by atoms with Gasteiger partial charge in [-0.15, -0.1) is 0 Å². The second-order valence-corrected chi connectivity index (χ2v) is 4.24. The zero-order valence-corrected chi connectivity index (χ0v) is 8.99. The van der Waals surface area contributed by atoms with Gasteiger partial charge < -0.3 is 15.3 Å². The van der Waals surface area contributed by atoms with Crippen molar-refractivity contribution in [2.45, 2.75) is 25.3 Å². The van der Waals surface area contributed by atoms with Crippen molar-refractivity contribution < 1.29 is 9.90 Å². The fraction of sp³-hybridized carbons (Fsp3) is 0.900. The normalized spacial score (nSPS) is 26.2. The summed E-state index contributed by atoms with van der Waals surface area (Å²) < 4.78 is 0. The van der Waals surface area contributed by atoms with Crippen molar-refractivity contribution in [3.05, 3.63) is 0 Å². The van der Waals surface area contributed by atoms with Crippen LogP contribution in [0.5, 0.6) is 0 Å². The molecule has 2 unspecified atom stereocenters. The van der Waals surface area contributed by atoms with E-state index in [2.05, 4.69) is 10.2 Å². The van der Waals surface area contributed by atoms with Gasteiger partial charge in [0.15, 0.2) is 0 Å². The second-order valence-electron chi connectivity index (χ2n) is 4.24. The monoisotopic (exact) mass is 200 g/mol. The Balaban J connectivity index is 2.05. The Morgan fingerprint density at radius 3 is 2.64 bits per heavy atom. The van der Waals surface area contributed by atoms with Gasteiger partial charge >= 0.3 is 5.97 Å². The van der Waals surface area contributed by atoms with Crippen molar-refractivity contribution in [3.8, 4) is 0 Å². The van der Waals surface area contributed by atoms with Gasteiger partial charge in [-0.3, -0.25) is 4.79 Å². The molecule has 14 heavy (non-hydrogen) atoms. The van der Waals surface area contributed by atoms with Crippen LogP contribution in [0.4, 0.5) is 0 Å². The number of aliphatic carboxylic acids is 1. The Kier molecular flexibility index (Phi) is 4.35. The zero-order chi connectivity index (χ0) is 10.6. The predicted octanol–water partition coefficient (Wildman–Crippen LogP) is 0.391. The summed E-state index contributed by atoms with van der Waals surface area (Å²) in [6, 6.07) is 0.217. The van der Waals surface area contributed by atoms with E-state index in [9.17, 15) is 4.79 Å². The Hall–Kier alpha value is -0.610. The number of hydrogen-bond donors (Lipinski definition) is 2. The molecule has 0 radical (unpaired) electrons. The number of carbonyl (C=O) groups is 1. The molecule has 0 heterocycles. The van der Waals surface area contributed by atoms with Crippen LogP contribution in [0.25, 0.3) is 0 Å². The molecule has 0 saturated heterocycles. The maximum Gasteiger partial charge on any atom is 0.308 e. The van der Waals surface area contributed by atoms with E-state index in [0.717, 1.165) is 32.4 Å². The van der Waals surface area contributed by atoms with E-state index in [4.69, 9.17) is 5.11 Å². The third-order valence-electron chi connectivity index (χ3n) is 2.78. The molecule has 0 aromatic rings. The minimum atomic E-state index is -0.652. The van der Waals surface area contributed by atoms with Crippen molar-refractivity contribution in [2.75, 3.05) is 27.2 Å². The quantitative estimate of drug-likeness (QED) is 0.609. The fourth-order valence-electron chi connectivity index (χ4n) is 1.72. The first kappa shape index (κ1) is 11.5. The van der Waals surface area contributed by atoms with E-state index in [-0.39, 0.29) is 12.0 Å². The molecule has 1 aliphatic carbocycles. The van der Waals surface area contributed by atoms with E-state index in [1.165, 1.54) is 0 Å². The molecule has 0 aliphatic heterocycles. The summed E-state index contributed by atoms with van der Waals surface area (Å²) in [5.74, 6) is -0.796. The maximum atomic E-state index is 10.7. The number of hydrogen-bond acceptors (Lipinski definition) is 3. The topological polar surface area (TPSA) is 52.6 Å². The molecule has 82 valence electrons. The number of rotatable bonds is 6. The van der Waals surface area contributed by atoms with Gasteiger partial charge in [0.25, 0.3) is 0 Å². The Morgan fingerprint density at radius 2 is 2.21 bits per heavy atom. The fourth-order valence-corrected chi connectivity index (χ4v) is 1.72. The van der Waals surface area contributed by atoms with E-state index in [1.54, 1.807) is 0 Å². The predicted molar refractivity (Wildman–Crippen MR) is 55.3 cm³/mol. The number of nitrogens with zero attached hydrogens (tertiary/aromatic N) is 1. The average molecular weight is 200 g/mol. The van der Waals surface area contributed by atoms with Gasteiger partial charge in [0.1, 0.15) is 0 Å². The summed E-state index contributed by atoms with van der Waals surface area (Å²) in [6.07, 6.45) is 2.93. The molecule has 2 N–H and O–H groups in total. The second kappa shape index (κ2) is 5.32. The molecule has 0 amide bonds. The van der Waals surface area contributed by atoms with Crippen molar-refractivity contribution in [1.82, 2.24) is 10.2 Å². The summed E-state index contributed by atoms with van der Waals surface area (Å²) in [5.41, 5.74) is 0. The molecule has 0 spiro atoms. The van der Waals surface area contributed by atoms with Crippen molar-refractivity contribution in [2.24, 2.45) is 5.92 Å². The lowest BCUT2D eigenvalue weighted by atomic mass is 9.79. The molecule has 1 aliphatic rings. The molecule has 0 aromatic carbocycles. The van der Waals surface area contributed by atoms with Gasteiger partial charge in [0, 0.05) is 6.04 Å². The highest BCUT2D eigenvalue weighted by atomic mass is 16.4. The minimum Gasteiger partial charge on any atom is -0.481 e. The molecule has 4 heteroatoms. The third-order valence-corrected chi connectivity index (χ3v) is 2.78. The summed E-state index contributed by atoms with van der Waals surface area (Å²) in [6.45, 7) is 1.98. The summed E-state index contributed by atoms with van der Waals surface area (Å²) in [4.78, 5) is 12.8. The summed E-state index contributed by atoms with van der Waals surface area (Å²) in [7, 11) is 4.09. The van der Waals surface area contributed by atoms with Crippen LogP contribution in [-0.2, 0) is 4.79 Å². The highest BCUT2D eigenvalue weighted by Gasteiger charge is 2.35. The van der Waals surface area contributed by atoms with Crippen molar-refractivity contribution in [3.63, 3.8) is 0 Å². The van der Waals surface area contributed by atoms with Gasteiger partial charge in [-0.25, -0.2) is 0 Å². The van der Waals surface area contributed by atoms with Crippen LogP contribution in [0.2, 0.25) is 0 Å². The molecule has 0 bridgehead atoms. The summed E-state index contributed by atoms with van der Waals surface area (Å²) in [5, 5.41) is 12.1. The molecule has 2 atom stereocenters. The van der Waals surface area contributed by atoms with Crippen LogP contribution in [0.3, 0.4) is 0 Å². The average Bonchev–Trinajstić information content (AvgIpc) is 1.99. The van der Waals surface area contributed by atoms with Gasteiger partial charge in [-0.1, -0.05) is 0 Å². The molecule has 4 nitrogen and oxygen atoms in total. The molecular formula is C10H20N2O2. The SMILES string of the molecule is CN(C)CCCNC1CCC1C(=O)O. The lowest BCUT2D eigenvalue weighted by Gasteiger charge is -2.34. The van der Waals surface area contributed by atoms with Gasteiger partial charge in [0.2, 0.25) is 0 Å². The highest BCUT2D eigenvalue weighted by Crippen LogP contribution is 2.27. The van der Waals surface area contributed by atoms with Crippen LogP contribution < -0.4 is 5.32 Å². The molecule has 0 aromatic heterocycles. The lowest BCUT2D eigenvalue weighted by molar-refractivity contribution is -0.146. The van der Waals surface area contributed by atoms with E-state index < -0.39 is 5.97 Å². The first-order valence-electron chi connectivity index (χ1n) is 5.22. The molecular weight excluding hydrogens is 180 g/mol. The lowest BCUT2D eigenvalue weighted by Crippen LogP contribution is -2.48. The van der Waals surface area contributed by atoms with Crippen molar-refractivity contribution in [1.29, 1.82) is 0 Å². The van der Waals surface area contributed by atoms with Gasteiger partial charge in [0.05, 0.1) is 5.92 Å². The van der Waals surface area contributed by atoms with E-state index >= 15 is 0 Å². The minimum absolute atomic E-state index is 0.144. The first-order chi connectivity index (χ1) is 6.61. The van der Waals surface area contributed by atoms with Crippen LogP contribution in [0.1, 0.15) is 19.3 Å². The third kappa shape index (κ3) is 3.27. The zero-order valence-electron chi connectivity index (χ0n) is 8.99. The highest BCUT2D eigenvalue weighted by molar-refractivity contribution is 5.72. The Labute approximate surface area is 85.3 Å². The Bertz CT molecular complexity index is 195. The molecule has 1 fully saturated rings. The first-order valence-corrected chi connectivity index (χ1v) is 5.22. The van der Waals surface area contributed by atoms with Gasteiger partial charge in [-0.2, -0.15) is 0 Å². The standard InChI is InChI=1S/C10H20N2O2/c1-12(2)7-3-6-11-9-5-4-8(9)10(13)14/h8-9,11H,3-7H2,1-2H3,(H,13,14). The van der Waals surface area contributed by atoms with Gasteiger partial charge in [-0.05, 0) is 46.4 Å². The largest absolute Gasteiger partial charge is 0.481 e. The molecule has 1 rings (SSSR count). The van der Waals surface area contributed by atoms with Crippen LogP contribution in [-0.4, -0.2) is 49.2 Å². The van der Waals surface area contributed by atoms with Crippen LogP contribution in [0.15, 0.2) is 0 Å². The maximum absolute atomic E-state index is 10.7. The molecule has 1 saturated carbocycles. The summed E-state index contributed by atoms with van der Waals surface area (Å²) >= 11 is 0. The smallest absolute Gasteiger partial charge is 0.308 e. The van der Waals surface area contributed by atoms with E-state index in [1.807, 2.05) is 14.1 Å². The van der Waals surface area contributed by atoms with Crippen LogP contribution >= 0.6 is 0 Å². The number of nitrogens with one attached hydrogen (secondary N) is 1. The number of carboxylic acid groups (broad SMARTS) is 1. The van der Waals surface area contributed by atoms with Crippen LogP contribution in [0, 0.1) is 5.92 Å². The van der Waals surface area contributed by atoms with E-state index in [0.29, 0.717) is 0 Å². The Morgan fingerprint density at radius 1 is 1.50 bits per heavy atom. The number of carboxylic acids is 1. The van der Waals surface area contributed by atoms with Crippen molar-refractivity contribution >= 4 is 5.97 Å².